The summed E-state index contributed by atoms with van der Waals surface area (Å²) in [6.45, 7) is 4.10. The molecule has 0 fully saturated rings. The van der Waals surface area contributed by atoms with Crippen LogP contribution >= 0.6 is 15.9 Å². The van der Waals surface area contributed by atoms with Gasteiger partial charge in [-0.25, -0.2) is 10.2 Å². The lowest BCUT2D eigenvalue weighted by Gasteiger charge is -2.08. The first kappa shape index (κ1) is 23.2. The maximum Gasteiger partial charge on any atom is 0.343 e. The molecule has 0 aliphatic heterocycles. The van der Waals surface area contributed by atoms with Gasteiger partial charge in [0.1, 0.15) is 11.5 Å². The lowest BCUT2D eigenvalue weighted by molar-refractivity contribution is -0.123. The van der Waals surface area contributed by atoms with E-state index in [4.69, 9.17) is 9.47 Å². The average molecular weight is 495 g/mol. The highest BCUT2D eigenvalue weighted by Gasteiger charge is 2.08. The van der Waals surface area contributed by atoms with E-state index >= 15 is 0 Å². The first-order chi connectivity index (χ1) is 15.4. The van der Waals surface area contributed by atoms with Gasteiger partial charge in [-0.1, -0.05) is 41.9 Å². The minimum absolute atomic E-state index is 0.136. The highest BCUT2D eigenvalue weighted by molar-refractivity contribution is 9.10. The number of amides is 1. The number of ether oxygens (including phenoxy) is 2. The third-order valence-electron chi connectivity index (χ3n) is 4.49. The quantitative estimate of drug-likeness (QED) is 0.199. The van der Waals surface area contributed by atoms with E-state index in [9.17, 15) is 9.59 Å². The highest BCUT2D eigenvalue weighted by Crippen LogP contribution is 2.18. The Bertz CT molecular complexity index is 1080. The molecule has 0 aliphatic rings. The van der Waals surface area contributed by atoms with Crippen molar-refractivity contribution in [3.63, 3.8) is 0 Å². The van der Waals surface area contributed by atoms with Gasteiger partial charge in [0.2, 0.25) is 0 Å². The summed E-state index contributed by atoms with van der Waals surface area (Å²) in [4.78, 5) is 24.0. The molecule has 0 unspecified atom stereocenters. The van der Waals surface area contributed by atoms with Crippen molar-refractivity contribution in [2.24, 2.45) is 5.10 Å². The lowest BCUT2D eigenvalue weighted by atomic mass is 10.0. The Labute approximate surface area is 195 Å². The monoisotopic (exact) mass is 494 g/mol. The fraction of sp³-hybridized carbons (Fsp3) is 0.160. The number of carbonyl (C=O) groups excluding carboxylic acids is 2. The summed E-state index contributed by atoms with van der Waals surface area (Å²) >= 11 is 3.33. The Kier molecular flexibility index (Phi) is 8.16. The van der Waals surface area contributed by atoms with Crippen LogP contribution in [0.25, 0.3) is 0 Å². The van der Waals surface area contributed by atoms with Crippen LogP contribution in [0.1, 0.15) is 41.3 Å². The smallest absolute Gasteiger partial charge is 0.343 e. The van der Waals surface area contributed by atoms with Crippen LogP contribution in [0.4, 0.5) is 0 Å². The van der Waals surface area contributed by atoms with E-state index in [-0.39, 0.29) is 12.5 Å². The normalized spacial score (nSPS) is 10.9. The Hall–Kier alpha value is -3.45. The zero-order valence-corrected chi connectivity index (χ0v) is 19.3. The number of nitrogens with zero attached hydrogens (tertiary/aromatic N) is 1. The maximum atomic E-state index is 12.1. The first-order valence-electron chi connectivity index (χ1n) is 10.0. The SMILES string of the molecule is CC(C)c1ccc(OCC(=O)N/N=C/c2ccc(OC(=O)c3ccc(Br)cc3)cc2)cc1. The Morgan fingerprint density at radius 2 is 1.56 bits per heavy atom. The molecule has 0 bridgehead atoms. The highest BCUT2D eigenvalue weighted by atomic mass is 79.9. The van der Waals surface area contributed by atoms with Crippen LogP contribution in [0, 0.1) is 0 Å². The van der Waals surface area contributed by atoms with E-state index in [1.807, 2.05) is 24.3 Å². The predicted molar refractivity (Wildman–Crippen MR) is 127 cm³/mol. The number of halogens is 1. The molecule has 1 N–H and O–H groups in total. The van der Waals surface area contributed by atoms with Crippen molar-refractivity contribution in [1.82, 2.24) is 5.43 Å². The molecule has 0 saturated heterocycles. The molecule has 0 aliphatic carbocycles. The van der Waals surface area contributed by atoms with E-state index in [0.717, 1.165) is 10.0 Å². The second kappa shape index (κ2) is 11.2. The van der Waals surface area contributed by atoms with Gasteiger partial charge in [0.05, 0.1) is 11.8 Å². The summed E-state index contributed by atoms with van der Waals surface area (Å²) in [5.41, 5.74) is 4.82. The predicted octanol–water partition coefficient (Wildman–Crippen LogP) is 5.32. The molecule has 0 spiro atoms. The molecule has 3 aromatic rings. The van der Waals surface area contributed by atoms with Gasteiger partial charge in [-0.05, 0) is 77.7 Å². The molecule has 3 aromatic carbocycles. The van der Waals surface area contributed by atoms with Crippen LogP contribution < -0.4 is 14.9 Å². The van der Waals surface area contributed by atoms with Gasteiger partial charge in [-0.15, -0.1) is 0 Å². The number of carbonyl (C=O) groups is 2. The van der Waals surface area contributed by atoms with Crippen molar-refractivity contribution >= 4 is 34.0 Å². The molecule has 32 heavy (non-hydrogen) atoms. The number of rotatable bonds is 8. The van der Waals surface area contributed by atoms with Gasteiger partial charge in [-0.2, -0.15) is 5.10 Å². The molecule has 164 valence electrons. The molecule has 6 nitrogen and oxygen atoms in total. The standard InChI is InChI=1S/C25H23BrN2O4/c1-17(2)19-7-13-22(14-8-19)31-16-24(29)28-27-15-18-3-11-23(12-4-18)32-25(30)20-5-9-21(26)10-6-20/h3-15,17H,16H2,1-2H3,(H,28,29)/b27-15+. The molecule has 1 amide bonds. The topological polar surface area (TPSA) is 77.0 Å². The summed E-state index contributed by atoms with van der Waals surface area (Å²) in [6, 6.07) is 21.3. The molecule has 0 atom stereocenters. The Balaban J connectivity index is 1.44. The van der Waals surface area contributed by atoms with Gasteiger partial charge in [-0.3, -0.25) is 4.79 Å². The van der Waals surface area contributed by atoms with Crippen LogP contribution in [0.5, 0.6) is 11.5 Å². The van der Waals surface area contributed by atoms with Crippen LogP contribution in [0.15, 0.2) is 82.4 Å². The Morgan fingerprint density at radius 1 is 0.938 bits per heavy atom. The molecule has 0 heterocycles. The number of hydrogen-bond acceptors (Lipinski definition) is 5. The molecule has 0 saturated carbocycles. The second-order valence-corrected chi connectivity index (χ2v) is 8.19. The summed E-state index contributed by atoms with van der Waals surface area (Å²) in [5, 5.41) is 3.92. The summed E-state index contributed by atoms with van der Waals surface area (Å²) in [5.74, 6) is 0.673. The Morgan fingerprint density at radius 3 is 2.19 bits per heavy atom. The fourth-order valence-corrected chi connectivity index (χ4v) is 2.95. The lowest BCUT2D eigenvalue weighted by Crippen LogP contribution is -2.24. The molecule has 0 aromatic heterocycles. The van der Waals surface area contributed by atoms with E-state index in [1.54, 1.807) is 48.5 Å². The van der Waals surface area contributed by atoms with Crippen molar-refractivity contribution in [2.45, 2.75) is 19.8 Å². The average Bonchev–Trinajstić information content (AvgIpc) is 2.79. The number of esters is 1. The van der Waals surface area contributed by atoms with Gasteiger partial charge < -0.3 is 9.47 Å². The summed E-state index contributed by atoms with van der Waals surface area (Å²) in [7, 11) is 0. The van der Waals surface area contributed by atoms with Crippen molar-refractivity contribution in [3.05, 3.63) is 94.0 Å². The van der Waals surface area contributed by atoms with E-state index in [1.165, 1.54) is 11.8 Å². The van der Waals surface area contributed by atoms with Crippen LogP contribution in [-0.4, -0.2) is 24.7 Å². The van der Waals surface area contributed by atoms with Crippen molar-refractivity contribution in [2.75, 3.05) is 6.61 Å². The van der Waals surface area contributed by atoms with E-state index in [2.05, 4.69) is 40.3 Å². The summed E-state index contributed by atoms with van der Waals surface area (Å²) < 4.78 is 11.7. The number of hydrazone groups is 1. The minimum Gasteiger partial charge on any atom is -0.484 e. The molecular weight excluding hydrogens is 472 g/mol. The van der Waals surface area contributed by atoms with Crippen molar-refractivity contribution < 1.29 is 19.1 Å². The van der Waals surface area contributed by atoms with Gasteiger partial charge in [0.25, 0.3) is 5.91 Å². The number of nitrogens with one attached hydrogen (secondary N) is 1. The largest absolute Gasteiger partial charge is 0.484 e. The molecular formula is C25H23BrN2O4. The number of hydrogen-bond donors (Lipinski definition) is 1. The fourth-order valence-electron chi connectivity index (χ4n) is 2.68. The van der Waals surface area contributed by atoms with Crippen LogP contribution in [0.3, 0.4) is 0 Å². The van der Waals surface area contributed by atoms with Crippen molar-refractivity contribution in [3.8, 4) is 11.5 Å². The third kappa shape index (κ3) is 7.06. The zero-order valence-electron chi connectivity index (χ0n) is 17.7. The molecule has 0 radical (unpaired) electrons. The summed E-state index contributed by atoms with van der Waals surface area (Å²) in [6.07, 6.45) is 1.50. The van der Waals surface area contributed by atoms with Gasteiger partial charge in [0.15, 0.2) is 6.61 Å². The second-order valence-electron chi connectivity index (χ2n) is 7.27. The minimum atomic E-state index is -0.440. The number of benzene rings is 3. The van der Waals surface area contributed by atoms with E-state index in [0.29, 0.717) is 23.0 Å². The zero-order chi connectivity index (χ0) is 22.9. The van der Waals surface area contributed by atoms with Crippen LogP contribution in [-0.2, 0) is 4.79 Å². The molecule has 7 heteroatoms. The van der Waals surface area contributed by atoms with Gasteiger partial charge >= 0.3 is 5.97 Å². The third-order valence-corrected chi connectivity index (χ3v) is 5.02. The van der Waals surface area contributed by atoms with E-state index < -0.39 is 5.97 Å². The van der Waals surface area contributed by atoms with Crippen molar-refractivity contribution in [1.29, 1.82) is 0 Å². The molecule has 3 rings (SSSR count). The first-order valence-corrected chi connectivity index (χ1v) is 10.8. The van der Waals surface area contributed by atoms with Gasteiger partial charge in [0, 0.05) is 4.47 Å². The van der Waals surface area contributed by atoms with Crippen LogP contribution in [0.2, 0.25) is 0 Å². The maximum absolute atomic E-state index is 12.1.